The van der Waals surface area contributed by atoms with Gasteiger partial charge < -0.3 is 5.32 Å². The zero-order valence-electron chi connectivity index (χ0n) is 14.4. The molecule has 0 aliphatic carbocycles. The van der Waals surface area contributed by atoms with Gasteiger partial charge in [-0.2, -0.15) is 0 Å². The van der Waals surface area contributed by atoms with E-state index in [-0.39, 0.29) is 0 Å². The summed E-state index contributed by atoms with van der Waals surface area (Å²) < 4.78 is 26.7. The molecule has 0 aliphatic rings. The van der Waals surface area contributed by atoms with Crippen molar-refractivity contribution in [1.29, 1.82) is 0 Å². The molecule has 1 N–H and O–H groups in total. The van der Waals surface area contributed by atoms with Crippen molar-refractivity contribution in [2.45, 2.75) is 37.5 Å². The first-order valence-electron chi connectivity index (χ1n) is 8.43. The predicted octanol–water partition coefficient (Wildman–Crippen LogP) is 4.50. The lowest BCUT2D eigenvalue weighted by atomic mass is 10.2. The van der Waals surface area contributed by atoms with Crippen LogP contribution in [-0.2, 0) is 10.0 Å². The first-order chi connectivity index (χ1) is 11.6. The first-order valence-corrected chi connectivity index (χ1v) is 9.87. The smallest absolute Gasteiger partial charge is 0.264 e. The third-order valence-electron chi connectivity index (χ3n) is 3.99. The molecule has 0 atom stereocenters. The maximum Gasteiger partial charge on any atom is 0.264 e. The van der Waals surface area contributed by atoms with Gasteiger partial charge in [-0.25, -0.2) is 8.42 Å². The van der Waals surface area contributed by atoms with Crippen LogP contribution in [-0.4, -0.2) is 22.0 Å². The highest BCUT2D eigenvalue weighted by molar-refractivity contribution is 7.92. The van der Waals surface area contributed by atoms with E-state index >= 15 is 0 Å². The summed E-state index contributed by atoms with van der Waals surface area (Å²) >= 11 is 0. The minimum atomic E-state index is -3.54. The molecular weight excluding hydrogens is 320 g/mol. The van der Waals surface area contributed by atoms with E-state index in [0.29, 0.717) is 10.6 Å². The normalized spacial score (nSPS) is 11.2. The van der Waals surface area contributed by atoms with Crippen LogP contribution in [0.1, 0.15) is 32.6 Å². The molecule has 2 aromatic carbocycles. The predicted molar refractivity (Wildman–Crippen MR) is 101 cm³/mol. The Morgan fingerprint density at radius 1 is 0.917 bits per heavy atom. The first kappa shape index (κ1) is 18.3. The molecule has 0 bridgehead atoms. The van der Waals surface area contributed by atoms with Crippen LogP contribution in [0.15, 0.2) is 59.5 Å². The molecular formula is C19H26N2O2S. The van der Waals surface area contributed by atoms with Crippen LogP contribution in [0.3, 0.4) is 0 Å². The Hall–Kier alpha value is -2.01. The van der Waals surface area contributed by atoms with Crippen LogP contribution in [0.25, 0.3) is 0 Å². The number of nitrogens with one attached hydrogen (secondary N) is 1. The summed E-state index contributed by atoms with van der Waals surface area (Å²) in [5.41, 5.74) is 1.60. The van der Waals surface area contributed by atoms with Crippen molar-refractivity contribution in [3.8, 4) is 0 Å². The fourth-order valence-corrected chi connectivity index (χ4v) is 3.66. The van der Waals surface area contributed by atoms with Gasteiger partial charge in [0.05, 0.1) is 10.6 Å². The van der Waals surface area contributed by atoms with Crippen LogP contribution < -0.4 is 9.62 Å². The van der Waals surface area contributed by atoms with Gasteiger partial charge in [0.2, 0.25) is 0 Å². The number of rotatable bonds is 9. The molecule has 2 aromatic rings. The van der Waals surface area contributed by atoms with Crippen molar-refractivity contribution >= 4 is 21.4 Å². The largest absolute Gasteiger partial charge is 0.385 e. The van der Waals surface area contributed by atoms with Gasteiger partial charge in [0.1, 0.15) is 0 Å². The van der Waals surface area contributed by atoms with Crippen LogP contribution in [0.2, 0.25) is 0 Å². The second kappa shape index (κ2) is 8.73. The van der Waals surface area contributed by atoms with E-state index in [2.05, 4.69) is 12.2 Å². The molecule has 0 saturated carbocycles. The van der Waals surface area contributed by atoms with E-state index in [9.17, 15) is 8.42 Å². The summed E-state index contributed by atoms with van der Waals surface area (Å²) in [6, 6.07) is 16.0. The van der Waals surface area contributed by atoms with E-state index in [1.807, 2.05) is 30.3 Å². The Morgan fingerprint density at radius 3 is 2.21 bits per heavy atom. The van der Waals surface area contributed by atoms with Gasteiger partial charge >= 0.3 is 0 Å². The summed E-state index contributed by atoms with van der Waals surface area (Å²) in [5, 5.41) is 3.33. The standard InChI is InChI=1S/C19H26N2O2S/c1-3-4-5-9-16-20-17-12-14-19(15-13-17)24(22,23)21(2)18-10-7-6-8-11-18/h6-8,10-15,20H,3-5,9,16H2,1-2H3. The Kier molecular flexibility index (Phi) is 6.67. The maximum absolute atomic E-state index is 12.7. The van der Waals surface area contributed by atoms with Crippen molar-refractivity contribution in [3.05, 3.63) is 54.6 Å². The van der Waals surface area contributed by atoms with Gasteiger partial charge in [0.15, 0.2) is 0 Å². The lowest BCUT2D eigenvalue weighted by molar-refractivity contribution is 0.594. The molecule has 0 radical (unpaired) electrons. The Morgan fingerprint density at radius 2 is 1.58 bits per heavy atom. The lowest BCUT2D eigenvalue weighted by Crippen LogP contribution is -2.26. The Bertz CT molecular complexity index is 713. The van der Waals surface area contributed by atoms with Gasteiger partial charge in [-0.3, -0.25) is 4.31 Å². The van der Waals surface area contributed by atoms with Crippen LogP contribution >= 0.6 is 0 Å². The van der Waals surface area contributed by atoms with E-state index in [0.717, 1.165) is 18.7 Å². The summed E-state index contributed by atoms with van der Waals surface area (Å²) in [7, 11) is -1.96. The van der Waals surface area contributed by atoms with Crippen molar-refractivity contribution in [2.75, 3.05) is 23.2 Å². The summed E-state index contributed by atoms with van der Waals surface area (Å²) in [5.74, 6) is 0. The monoisotopic (exact) mass is 346 g/mol. The molecule has 0 unspecified atom stereocenters. The second-order valence-corrected chi connectivity index (χ2v) is 7.79. The number of sulfonamides is 1. The third-order valence-corrected chi connectivity index (χ3v) is 5.79. The fourth-order valence-electron chi connectivity index (χ4n) is 2.46. The number of hydrogen-bond acceptors (Lipinski definition) is 3. The number of hydrogen-bond donors (Lipinski definition) is 1. The second-order valence-electron chi connectivity index (χ2n) is 5.82. The minimum absolute atomic E-state index is 0.297. The highest BCUT2D eigenvalue weighted by Gasteiger charge is 2.20. The van der Waals surface area contributed by atoms with E-state index in [4.69, 9.17) is 0 Å². The average Bonchev–Trinajstić information content (AvgIpc) is 2.62. The third kappa shape index (κ3) is 4.74. The highest BCUT2D eigenvalue weighted by atomic mass is 32.2. The topological polar surface area (TPSA) is 49.4 Å². The van der Waals surface area contributed by atoms with Crippen molar-refractivity contribution < 1.29 is 8.42 Å². The van der Waals surface area contributed by atoms with Crippen LogP contribution in [0.4, 0.5) is 11.4 Å². The number of anilines is 2. The number of unbranched alkanes of at least 4 members (excludes halogenated alkanes) is 3. The van der Waals surface area contributed by atoms with Gasteiger partial charge in [0.25, 0.3) is 10.0 Å². The summed E-state index contributed by atoms with van der Waals surface area (Å²) in [6.07, 6.45) is 4.83. The molecule has 2 rings (SSSR count). The van der Waals surface area contributed by atoms with Gasteiger partial charge in [0, 0.05) is 19.3 Å². The van der Waals surface area contributed by atoms with Crippen molar-refractivity contribution in [3.63, 3.8) is 0 Å². The van der Waals surface area contributed by atoms with Crippen LogP contribution in [0, 0.1) is 0 Å². The van der Waals surface area contributed by atoms with Gasteiger partial charge in [-0.1, -0.05) is 44.4 Å². The molecule has 130 valence electrons. The Balaban J connectivity index is 2.01. The number of benzene rings is 2. The van der Waals surface area contributed by atoms with E-state index in [1.54, 1.807) is 31.3 Å². The average molecular weight is 346 g/mol. The maximum atomic E-state index is 12.7. The van der Waals surface area contributed by atoms with Crippen molar-refractivity contribution in [1.82, 2.24) is 0 Å². The number of para-hydroxylation sites is 1. The van der Waals surface area contributed by atoms with Crippen LogP contribution in [0.5, 0.6) is 0 Å². The molecule has 0 fully saturated rings. The summed E-state index contributed by atoms with van der Waals surface area (Å²) in [6.45, 7) is 3.11. The molecule has 0 heterocycles. The van der Waals surface area contributed by atoms with Crippen molar-refractivity contribution in [2.24, 2.45) is 0 Å². The van der Waals surface area contributed by atoms with Gasteiger partial charge in [-0.05, 0) is 42.8 Å². The lowest BCUT2D eigenvalue weighted by Gasteiger charge is -2.19. The fraction of sp³-hybridized carbons (Fsp3) is 0.368. The zero-order valence-corrected chi connectivity index (χ0v) is 15.2. The molecule has 4 nitrogen and oxygen atoms in total. The Labute approximate surface area is 145 Å². The molecule has 0 spiro atoms. The molecule has 0 saturated heterocycles. The molecule has 5 heteroatoms. The molecule has 0 amide bonds. The number of nitrogens with zero attached hydrogens (tertiary/aromatic N) is 1. The molecule has 0 aliphatic heterocycles. The molecule has 24 heavy (non-hydrogen) atoms. The summed E-state index contributed by atoms with van der Waals surface area (Å²) in [4.78, 5) is 0.297. The highest BCUT2D eigenvalue weighted by Crippen LogP contribution is 2.22. The zero-order chi connectivity index (χ0) is 17.4. The quantitative estimate of drug-likeness (QED) is 0.680. The minimum Gasteiger partial charge on any atom is -0.385 e. The van der Waals surface area contributed by atoms with E-state index < -0.39 is 10.0 Å². The molecule has 0 aromatic heterocycles. The van der Waals surface area contributed by atoms with E-state index in [1.165, 1.54) is 23.6 Å². The SMILES string of the molecule is CCCCCCNc1ccc(S(=O)(=O)N(C)c2ccccc2)cc1. The van der Waals surface area contributed by atoms with Gasteiger partial charge in [-0.15, -0.1) is 0 Å².